The Bertz CT molecular complexity index is 664. The molecule has 0 spiro atoms. The smallest absolute Gasteiger partial charge is 0.272 e. The molecule has 2 aromatic rings. The lowest BCUT2D eigenvalue weighted by Crippen LogP contribution is -2.32. The highest BCUT2D eigenvalue weighted by atomic mass is 16.1. The van der Waals surface area contributed by atoms with Gasteiger partial charge in [-0.25, -0.2) is 5.10 Å². The van der Waals surface area contributed by atoms with Crippen molar-refractivity contribution in [3.63, 3.8) is 0 Å². The van der Waals surface area contributed by atoms with Crippen molar-refractivity contribution in [2.45, 2.75) is 6.42 Å². The predicted molar refractivity (Wildman–Crippen MR) is 77.6 cm³/mol. The van der Waals surface area contributed by atoms with Gasteiger partial charge in [0.25, 0.3) is 5.56 Å². The summed E-state index contributed by atoms with van der Waals surface area (Å²) in [5.41, 5.74) is 0.347. The topological polar surface area (TPSA) is 78.1 Å². The van der Waals surface area contributed by atoms with Gasteiger partial charge in [-0.2, -0.15) is 5.10 Å². The number of benzene rings is 1. The lowest BCUT2D eigenvalue weighted by atomic mass is 10.1. The normalized spacial score (nSPS) is 10.9. The van der Waals surface area contributed by atoms with E-state index in [1.54, 1.807) is 18.2 Å². The second-order valence-electron chi connectivity index (χ2n) is 4.88. The van der Waals surface area contributed by atoms with Crippen LogP contribution >= 0.6 is 0 Å². The minimum atomic E-state index is -0.239. The fourth-order valence-electron chi connectivity index (χ4n) is 1.94. The number of nitrogens with one attached hydrogen (secondary N) is 2. The first-order valence-corrected chi connectivity index (χ1v) is 6.45. The molecular weight excluding hydrogens is 256 g/mol. The van der Waals surface area contributed by atoms with Crippen LogP contribution in [0.5, 0.6) is 0 Å². The zero-order valence-corrected chi connectivity index (χ0v) is 11.6. The number of rotatable bonds is 5. The Balaban J connectivity index is 2.12. The van der Waals surface area contributed by atoms with E-state index in [-0.39, 0.29) is 17.9 Å². The van der Waals surface area contributed by atoms with E-state index in [2.05, 4.69) is 15.5 Å². The molecule has 0 aliphatic carbocycles. The van der Waals surface area contributed by atoms with Gasteiger partial charge >= 0.3 is 0 Å². The number of H-pyrrole nitrogens is 1. The van der Waals surface area contributed by atoms with Crippen molar-refractivity contribution in [3.8, 4) is 0 Å². The molecule has 6 nitrogen and oxygen atoms in total. The molecule has 0 aliphatic rings. The Hall–Kier alpha value is -2.21. The van der Waals surface area contributed by atoms with E-state index in [4.69, 9.17) is 0 Å². The first kappa shape index (κ1) is 14.2. The fraction of sp³-hybridized carbons (Fsp3) is 0.357. The second kappa shape index (κ2) is 6.29. The lowest BCUT2D eigenvalue weighted by Gasteiger charge is -2.10. The zero-order valence-electron chi connectivity index (χ0n) is 11.6. The fourth-order valence-corrected chi connectivity index (χ4v) is 1.94. The van der Waals surface area contributed by atoms with E-state index in [0.717, 1.165) is 11.9 Å². The highest BCUT2D eigenvalue weighted by molar-refractivity contribution is 5.88. The van der Waals surface area contributed by atoms with Gasteiger partial charge in [0.1, 0.15) is 0 Å². The molecule has 20 heavy (non-hydrogen) atoms. The van der Waals surface area contributed by atoms with Crippen molar-refractivity contribution < 1.29 is 4.79 Å². The van der Waals surface area contributed by atoms with Crippen LogP contribution in [0.3, 0.4) is 0 Å². The molecule has 0 atom stereocenters. The summed E-state index contributed by atoms with van der Waals surface area (Å²) in [7, 11) is 3.90. The molecule has 106 valence electrons. The maximum atomic E-state index is 11.9. The van der Waals surface area contributed by atoms with Crippen molar-refractivity contribution in [3.05, 3.63) is 40.3 Å². The molecule has 0 saturated carbocycles. The number of hydrogen-bond donors (Lipinski definition) is 2. The van der Waals surface area contributed by atoms with Gasteiger partial charge in [0.05, 0.1) is 17.5 Å². The first-order valence-electron chi connectivity index (χ1n) is 6.45. The third kappa shape index (κ3) is 3.42. The van der Waals surface area contributed by atoms with Crippen LogP contribution in [0.25, 0.3) is 10.8 Å². The summed E-state index contributed by atoms with van der Waals surface area (Å²) in [4.78, 5) is 25.5. The molecule has 6 heteroatoms. The average molecular weight is 274 g/mol. The van der Waals surface area contributed by atoms with Gasteiger partial charge in [-0.1, -0.05) is 18.2 Å². The van der Waals surface area contributed by atoms with E-state index in [0.29, 0.717) is 17.6 Å². The SMILES string of the molecule is CN(C)CCNC(=O)Cc1n[nH]c(=O)c2ccccc12. The van der Waals surface area contributed by atoms with Crippen LogP contribution in [0.2, 0.25) is 0 Å². The summed E-state index contributed by atoms with van der Waals surface area (Å²) >= 11 is 0. The Labute approximate surface area is 116 Å². The molecular formula is C14H18N4O2. The van der Waals surface area contributed by atoms with E-state index in [9.17, 15) is 9.59 Å². The van der Waals surface area contributed by atoms with Crippen molar-refractivity contribution in [2.24, 2.45) is 0 Å². The number of fused-ring (bicyclic) bond motifs is 1. The van der Waals surface area contributed by atoms with Gasteiger partial charge in [0, 0.05) is 18.5 Å². The van der Waals surface area contributed by atoms with E-state index in [1.165, 1.54) is 0 Å². The maximum Gasteiger partial charge on any atom is 0.272 e. The first-order chi connectivity index (χ1) is 9.58. The monoisotopic (exact) mass is 274 g/mol. The summed E-state index contributed by atoms with van der Waals surface area (Å²) in [5.74, 6) is -0.100. The van der Waals surface area contributed by atoms with Crippen LogP contribution < -0.4 is 10.9 Å². The maximum absolute atomic E-state index is 11.9. The average Bonchev–Trinajstić information content (AvgIpc) is 2.42. The van der Waals surface area contributed by atoms with Gasteiger partial charge in [-0.15, -0.1) is 0 Å². The van der Waals surface area contributed by atoms with Gasteiger partial charge in [0.15, 0.2) is 0 Å². The summed E-state index contributed by atoms with van der Waals surface area (Å²) in [6.07, 6.45) is 0.157. The number of carbonyl (C=O) groups excluding carboxylic acids is 1. The van der Waals surface area contributed by atoms with Crippen molar-refractivity contribution >= 4 is 16.7 Å². The van der Waals surface area contributed by atoms with Crippen molar-refractivity contribution in [2.75, 3.05) is 27.2 Å². The molecule has 0 bridgehead atoms. The minimum Gasteiger partial charge on any atom is -0.354 e. The number of amides is 1. The van der Waals surface area contributed by atoms with Gasteiger partial charge in [0.2, 0.25) is 5.91 Å². The van der Waals surface area contributed by atoms with E-state index < -0.39 is 0 Å². The van der Waals surface area contributed by atoms with Gasteiger partial charge in [-0.05, 0) is 20.2 Å². The number of carbonyl (C=O) groups is 1. The summed E-state index contributed by atoms with van der Waals surface area (Å²) in [6.45, 7) is 1.37. The van der Waals surface area contributed by atoms with Crippen LogP contribution in [0.4, 0.5) is 0 Å². The molecule has 1 aromatic heterocycles. The third-order valence-corrected chi connectivity index (χ3v) is 2.98. The lowest BCUT2D eigenvalue weighted by molar-refractivity contribution is -0.120. The molecule has 2 N–H and O–H groups in total. The number of aromatic nitrogens is 2. The van der Waals surface area contributed by atoms with Crippen LogP contribution in [-0.4, -0.2) is 48.2 Å². The summed E-state index contributed by atoms with van der Waals surface area (Å²) in [6, 6.07) is 7.15. The zero-order chi connectivity index (χ0) is 14.5. The standard InChI is InChI=1S/C14H18N4O2/c1-18(2)8-7-15-13(19)9-12-10-5-3-4-6-11(10)14(20)17-16-12/h3-6H,7-9H2,1-2H3,(H,15,19)(H,17,20). The number of hydrogen-bond acceptors (Lipinski definition) is 4. The highest BCUT2D eigenvalue weighted by Gasteiger charge is 2.10. The highest BCUT2D eigenvalue weighted by Crippen LogP contribution is 2.12. The quantitative estimate of drug-likeness (QED) is 0.813. The molecule has 0 radical (unpaired) electrons. The molecule has 0 saturated heterocycles. The summed E-state index contributed by atoms with van der Waals surface area (Å²) in [5, 5.41) is 10.5. The molecule has 1 heterocycles. The van der Waals surface area contributed by atoms with Crippen LogP contribution in [0, 0.1) is 0 Å². The van der Waals surface area contributed by atoms with Crippen molar-refractivity contribution in [1.82, 2.24) is 20.4 Å². The molecule has 0 unspecified atom stereocenters. The molecule has 1 amide bonds. The van der Waals surface area contributed by atoms with Crippen LogP contribution in [0.1, 0.15) is 5.69 Å². The van der Waals surface area contributed by atoms with Crippen molar-refractivity contribution in [1.29, 1.82) is 0 Å². The van der Waals surface area contributed by atoms with Crippen LogP contribution in [0.15, 0.2) is 29.1 Å². The third-order valence-electron chi connectivity index (χ3n) is 2.98. The number of nitrogens with zero attached hydrogens (tertiary/aromatic N) is 2. The molecule has 0 fully saturated rings. The largest absolute Gasteiger partial charge is 0.354 e. The molecule has 1 aromatic carbocycles. The predicted octanol–water partition coefficient (Wildman–Crippen LogP) is 0.143. The van der Waals surface area contributed by atoms with Gasteiger partial charge < -0.3 is 10.2 Å². The molecule has 2 rings (SSSR count). The van der Waals surface area contributed by atoms with Gasteiger partial charge in [-0.3, -0.25) is 9.59 Å². The van der Waals surface area contributed by atoms with E-state index >= 15 is 0 Å². The minimum absolute atomic E-state index is 0.100. The van der Waals surface area contributed by atoms with E-state index in [1.807, 2.05) is 25.1 Å². The Morgan fingerprint density at radius 2 is 2.00 bits per heavy atom. The Morgan fingerprint density at radius 1 is 1.30 bits per heavy atom. The Morgan fingerprint density at radius 3 is 2.70 bits per heavy atom. The van der Waals surface area contributed by atoms with Crippen LogP contribution in [-0.2, 0) is 11.2 Å². The number of aromatic amines is 1. The Kier molecular flexibility index (Phi) is 4.47. The second-order valence-corrected chi connectivity index (χ2v) is 4.88. The molecule has 0 aliphatic heterocycles. The number of likely N-dealkylation sites (N-methyl/N-ethyl adjacent to an activating group) is 1. The summed E-state index contributed by atoms with van der Waals surface area (Å²) < 4.78 is 0.